The molecule has 0 N–H and O–H groups in total. The van der Waals surface area contributed by atoms with Crippen LogP contribution in [0.1, 0.15) is 40.0 Å². The molecule has 2 nitrogen and oxygen atoms in total. The number of esters is 1. The van der Waals surface area contributed by atoms with Gasteiger partial charge in [-0.3, -0.25) is 4.79 Å². The third kappa shape index (κ3) is 2.86. The maximum absolute atomic E-state index is 10.9. The molecule has 0 aromatic rings. The zero-order chi connectivity index (χ0) is 10.7. The Labute approximate surface area is 86.3 Å². The van der Waals surface area contributed by atoms with Gasteiger partial charge in [-0.2, -0.15) is 0 Å². The molecule has 0 aromatic heterocycles. The quantitative estimate of drug-likeness (QED) is 0.501. The van der Waals surface area contributed by atoms with Crippen molar-refractivity contribution < 1.29 is 9.53 Å². The second kappa shape index (κ2) is 4.63. The van der Waals surface area contributed by atoms with Gasteiger partial charge in [0, 0.05) is 12.8 Å². The molecule has 2 heteroatoms. The first-order valence-corrected chi connectivity index (χ1v) is 5.33. The fourth-order valence-electron chi connectivity index (χ4n) is 2.24. The van der Waals surface area contributed by atoms with E-state index in [1.165, 1.54) is 13.3 Å². The Morgan fingerprint density at radius 3 is 2.50 bits per heavy atom. The lowest BCUT2D eigenvalue weighted by Gasteiger charge is -2.34. The predicted molar refractivity (Wildman–Crippen MR) is 56.9 cm³/mol. The van der Waals surface area contributed by atoms with Crippen LogP contribution in [0.3, 0.4) is 0 Å². The summed E-state index contributed by atoms with van der Waals surface area (Å²) in [6.45, 7) is 9.69. The molecular weight excluding hydrogens is 176 g/mol. The minimum atomic E-state index is -0.171. The highest BCUT2D eigenvalue weighted by atomic mass is 16.5. The lowest BCUT2D eigenvalue weighted by atomic mass is 9.78. The monoisotopic (exact) mass is 196 g/mol. The fraction of sp³-hybridized carbons (Fsp3) is 0.750. The maximum atomic E-state index is 10.9. The molecular formula is C12H20O2. The summed E-state index contributed by atoms with van der Waals surface area (Å²) >= 11 is 0. The van der Waals surface area contributed by atoms with Crippen LogP contribution in [-0.4, -0.2) is 12.1 Å². The van der Waals surface area contributed by atoms with E-state index in [1.807, 2.05) is 6.92 Å². The first-order chi connectivity index (χ1) is 6.50. The highest BCUT2D eigenvalue weighted by Gasteiger charge is 2.31. The summed E-state index contributed by atoms with van der Waals surface area (Å²) in [5.41, 5.74) is 1.14. The van der Waals surface area contributed by atoms with Crippen LogP contribution < -0.4 is 0 Å². The van der Waals surface area contributed by atoms with Gasteiger partial charge < -0.3 is 4.74 Å². The Balaban J connectivity index is 2.63. The van der Waals surface area contributed by atoms with Crippen LogP contribution in [0.4, 0.5) is 0 Å². The molecule has 0 amide bonds. The number of carbonyl (C=O) groups excluding carboxylic acids is 1. The maximum Gasteiger partial charge on any atom is 0.302 e. The van der Waals surface area contributed by atoms with Crippen molar-refractivity contribution >= 4 is 5.97 Å². The van der Waals surface area contributed by atoms with Gasteiger partial charge in [-0.25, -0.2) is 0 Å². The van der Waals surface area contributed by atoms with E-state index in [9.17, 15) is 4.79 Å². The second-order valence-electron chi connectivity index (χ2n) is 4.52. The molecule has 1 saturated carbocycles. The molecule has 14 heavy (non-hydrogen) atoms. The van der Waals surface area contributed by atoms with E-state index in [2.05, 4.69) is 13.5 Å². The average Bonchev–Trinajstić information content (AvgIpc) is 2.01. The first-order valence-electron chi connectivity index (χ1n) is 5.33. The Kier molecular flexibility index (Phi) is 3.73. The van der Waals surface area contributed by atoms with Gasteiger partial charge in [0.2, 0.25) is 0 Å². The Morgan fingerprint density at radius 1 is 1.36 bits per heavy atom. The minimum Gasteiger partial charge on any atom is -0.462 e. The Morgan fingerprint density at radius 2 is 2.00 bits per heavy atom. The highest BCUT2D eigenvalue weighted by molar-refractivity contribution is 5.66. The molecule has 0 bridgehead atoms. The van der Waals surface area contributed by atoms with Crippen LogP contribution >= 0.6 is 0 Å². The van der Waals surface area contributed by atoms with Crippen molar-refractivity contribution in [3.63, 3.8) is 0 Å². The number of hydrogen-bond donors (Lipinski definition) is 0. The number of rotatable bonds is 2. The van der Waals surface area contributed by atoms with Crippen LogP contribution in [0, 0.1) is 11.8 Å². The molecule has 1 rings (SSSR count). The van der Waals surface area contributed by atoms with E-state index in [0.29, 0.717) is 11.8 Å². The van der Waals surface area contributed by atoms with E-state index in [4.69, 9.17) is 4.74 Å². The standard InChI is InChI=1S/C12H20O2/c1-8(2)11-6-5-9(3)7-12(11)14-10(4)13/h9,11-12H,1,5-7H2,2-4H3/t9-,11-,12+/m0/s1. The Hall–Kier alpha value is -0.790. The van der Waals surface area contributed by atoms with Crippen molar-refractivity contribution in [3.05, 3.63) is 12.2 Å². The van der Waals surface area contributed by atoms with Crippen LogP contribution in [0.25, 0.3) is 0 Å². The highest BCUT2D eigenvalue weighted by Crippen LogP contribution is 2.34. The van der Waals surface area contributed by atoms with E-state index in [0.717, 1.165) is 18.4 Å². The third-order valence-electron chi connectivity index (χ3n) is 3.00. The third-order valence-corrected chi connectivity index (χ3v) is 3.00. The molecule has 0 radical (unpaired) electrons. The summed E-state index contributed by atoms with van der Waals surface area (Å²) in [6.07, 6.45) is 3.37. The molecule has 80 valence electrons. The van der Waals surface area contributed by atoms with Gasteiger partial charge in [0.15, 0.2) is 0 Å². The smallest absolute Gasteiger partial charge is 0.302 e. The van der Waals surface area contributed by atoms with E-state index >= 15 is 0 Å². The molecule has 0 aliphatic heterocycles. The van der Waals surface area contributed by atoms with Gasteiger partial charge in [0.1, 0.15) is 6.10 Å². The van der Waals surface area contributed by atoms with Crippen molar-refractivity contribution in [3.8, 4) is 0 Å². The summed E-state index contributed by atoms with van der Waals surface area (Å²) in [6, 6.07) is 0. The van der Waals surface area contributed by atoms with Crippen molar-refractivity contribution in [1.29, 1.82) is 0 Å². The number of hydrogen-bond acceptors (Lipinski definition) is 2. The van der Waals surface area contributed by atoms with E-state index in [-0.39, 0.29) is 12.1 Å². The van der Waals surface area contributed by atoms with Gasteiger partial charge in [0.25, 0.3) is 0 Å². The van der Waals surface area contributed by atoms with Crippen LogP contribution in [-0.2, 0) is 9.53 Å². The van der Waals surface area contributed by atoms with Crippen molar-refractivity contribution in [2.45, 2.75) is 46.1 Å². The zero-order valence-corrected chi connectivity index (χ0v) is 9.38. The summed E-state index contributed by atoms with van der Waals surface area (Å²) in [4.78, 5) is 10.9. The number of ether oxygens (including phenoxy) is 1. The van der Waals surface area contributed by atoms with Gasteiger partial charge in [-0.1, -0.05) is 19.1 Å². The topological polar surface area (TPSA) is 26.3 Å². The molecule has 3 atom stereocenters. The van der Waals surface area contributed by atoms with E-state index < -0.39 is 0 Å². The molecule has 0 saturated heterocycles. The van der Waals surface area contributed by atoms with E-state index in [1.54, 1.807) is 0 Å². The zero-order valence-electron chi connectivity index (χ0n) is 9.38. The van der Waals surface area contributed by atoms with Crippen molar-refractivity contribution in [2.24, 2.45) is 11.8 Å². The van der Waals surface area contributed by atoms with Crippen molar-refractivity contribution in [2.75, 3.05) is 0 Å². The molecule has 1 aliphatic carbocycles. The largest absolute Gasteiger partial charge is 0.462 e. The van der Waals surface area contributed by atoms with Crippen LogP contribution in [0.15, 0.2) is 12.2 Å². The number of carbonyl (C=O) groups is 1. The van der Waals surface area contributed by atoms with Gasteiger partial charge in [-0.15, -0.1) is 0 Å². The Bertz CT molecular complexity index is 232. The van der Waals surface area contributed by atoms with Gasteiger partial charge >= 0.3 is 5.97 Å². The van der Waals surface area contributed by atoms with Crippen LogP contribution in [0.2, 0.25) is 0 Å². The minimum absolute atomic E-state index is 0.0637. The van der Waals surface area contributed by atoms with Crippen LogP contribution in [0.5, 0.6) is 0 Å². The van der Waals surface area contributed by atoms with Gasteiger partial charge in [0.05, 0.1) is 0 Å². The molecule has 0 heterocycles. The lowest BCUT2D eigenvalue weighted by molar-refractivity contribution is -0.150. The first kappa shape index (κ1) is 11.3. The average molecular weight is 196 g/mol. The lowest BCUT2D eigenvalue weighted by Crippen LogP contribution is -2.32. The molecule has 1 fully saturated rings. The normalized spacial score (nSPS) is 32.4. The molecule has 1 aliphatic rings. The summed E-state index contributed by atoms with van der Waals surface area (Å²) in [5, 5.41) is 0. The van der Waals surface area contributed by atoms with Gasteiger partial charge in [-0.05, 0) is 32.1 Å². The fourth-order valence-corrected chi connectivity index (χ4v) is 2.24. The molecule has 0 aromatic carbocycles. The summed E-state index contributed by atoms with van der Waals surface area (Å²) in [7, 11) is 0. The summed E-state index contributed by atoms with van der Waals surface area (Å²) in [5.74, 6) is 0.861. The molecule has 0 unspecified atom stereocenters. The SMILES string of the molecule is C=C(C)[C@@H]1CC[C@H](C)C[C@H]1OC(C)=O. The molecule has 0 spiro atoms. The second-order valence-corrected chi connectivity index (χ2v) is 4.52. The summed E-state index contributed by atoms with van der Waals surface area (Å²) < 4.78 is 5.34. The van der Waals surface area contributed by atoms with Crippen molar-refractivity contribution in [1.82, 2.24) is 0 Å². The predicted octanol–water partition coefficient (Wildman–Crippen LogP) is 2.93.